The molecule has 0 aliphatic carbocycles. The molecule has 70 valence electrons. The van der Waals surface area contributed by atoms with E-state index in [1.165, 1.54) is 11.9 Å². The van der Waals surface area contributed by atoms with Crippen LogP contribution in [0.25, 0.3) is 0 Å². The number of anilines is 1. The number of halogens is 1. The average molecular weight is 198 g/mol. The molecule has 0 heterocycles. The Hall–Kier alpha value is -1.22. The molecule has 1 aromatic rings. The van der Waals surface area contributed by atoms with Gasteiger partial charge in [-0.15, -0.1) is 0 Å². The number of aliphatic imine (C=N–C) groups is 1. The van der Waals surface area contributed by atoms with Gasteiger partial charge in [-0.25, -0.2) is 0 Å². The molecule has 3 nitrogen and oxygen atoms in total. The summed E-state index contributed by atoms with van der Waals surface area (Å²) in [7, 11) is 3.13. The Morgan fingerprint density at radius 2 is 1.92 bits per heavy atom. The average Bonchev–Trinajstić information content (AvgIpc) is 2.17. The van der Waals surface area contributed by atoms with Gasteiger partial charge >= 0.3 is 0 Å². The maximum atomic E-state index is 11.1. The molecule has 0 aliphatic heterocycles. The highest BCUT2D eigenvalue weighted by molar-refractivity contribution is 6.30. The highest BCUT2D eigenvalue weighted by atomic mass is 35.5. The molecular formula is C9H10ClN2O-. The molecule has 0 bridgehead atoms. The largest absolute Gasteiger partial charge is 0.846 e. The number of hydrogen-bond donors (Lipinski definition) is 0. The van der Waals surface area contributed by atoms with Crippen molar-refractivity contribution in [1.82, 2.24) is 0 Å². The third kappa shape index (κ3) is 2.36. The van der Waals surface area contributed by atoms with E-state index in [9.17, 15) is 5.11 Å². The summed E-state index contributed by atoms with van der Waals surface area (Å²) in [5.41, 5.74) is 0.778. The SMILES string of the molecule is CN=C([O-])N(C)c1ccc(Cl)cc1. The summed E-state index contributed by atoms with van der Waals surface area (Å²) < 4.78 is 0. The molecule has 0 amide bonds. The first kappa shape index (κ1) is 9.86. The van der Waals surface area contributed by atoms with Crippen LogP contribution >= 0.6 is 11.6 Å². The quantitative estimate of drug-likeness (QED) is 0.500. The highest BCUT2D eigenvalue weighted by Gasteiger charge is 1.98. The van der Waals surface area contributed by atoms with Crippen molar-refractivity contribution in [3.05, 3.63) is 29.3 Å². The third-order valence-corrected chi connectivity index (χ3v) is 1.94. The smallest absolute Gasteiger partial charge is 0.0538 e. The molecule has 0 saturated carbocycles. The van der Waals surface area contributed by atoms with E-state index < -0.39 is 0 Å². The Kier molecular flexibility index (Phi) is 3.14. The van der Waals surface area contributed by atoms with Crippen LogP contribution in [0.3, 0.4) is 0 Å². The first-order valence-electron chi connectivity index (χ1n) is 3.78. The van der Waals surface area contributed by atoms with E-state index in [0.717, 1.165) is 5.69 Å². The third-order valence-electron chi connectivity index (χ3n) is 1.69. The van der Waals surface area contributed by atoms with Crippen LogP contribution in [0.4, 0.5) is 5.69 Å². The van der Waals surface area contributed by atoms with E-state index in [1.807, 2.05) is 0 Å². The molecule has 0 aromatic heterocycles. The monoisotopic (exact) mass is 197 g/mol. The number of hydrogen-bond acceptors (Lipinski definition) is 2. The molecule has 0 aliphatic rings. The second kappa shape index (κ2) is 4.14. The Morgan fingerprint density at radius 3 is 2.38 bits per heavy atom. The topological polar surface area (TPSA) is 38.7 Å². The second-order valence-corrected chi connectivity index (χ2v) is 2.98. The van der Waals surface area contributed by atoms with Gasteiger partial charge in [0.15, 0.2) is 0 Å². The van der Waals surface area contributed by atoms with Gasteiger partial charge in [-0.2, -0.15) is 0 Å². The molecule has 1 rings (SSSR count). The summed E-state index contributed by atoms with van der Waals surface area (Å²) in [6.07, 6.45) is 0. The highest BCUT2D eigenvalue weighted by Crippen LogP contribution is 2.16. The van der Waals surface area contributed by atoms with Crippen molar-refractivity contribution in [2.24, 2.45) is 4.99 Å². The zero-order chi connectivity index (χ0) is 9.84. The van der Waals surface area contributed by atoms with E-state index in [-0.39, 0.29) is 6.02 Å². The molecule has 0 saturated heterocycles. The van der Waals surface area contributed by atoms with Gasteiger partial charge in [-0.1, -0.05) is 11.6 Å². The summed E-state index contributed by atoms with van der Waals surface area (Å²) in [5, 5.41) is 11.8. The Labute approximate surface area is 82.3 Å². The minimum Gasteiger partial charge on any atom is -0.846 e. The van der Waals surface area contributed by atoms with Crippen molar-refractivity contribution in [3.8, 4) is 0 Å². The van der Waals surface area contributed by atoms with Crippen molar-refractivity contribution in [1.29, 1.82) is 0 Å². The lowest BCUT2D eigenvalue weighted by Gasteiger charge is -2.24. The van der Waals surface area contributed by atoms with Crippen molar-refractivity contribution >= 4 is 23.3 Å². The summed E-state index contributed by atoms with van der Waals surface area (Å²) in [4.78, 5) is 5.00. The van der Waals surface area contributed by atoms with Crippen molar-refractivity contribution in [3.63, 3.8) is 0 Å². The molecule has 0 fully saturated rings. The lowest BCUT2D eigenvalue weighted by Crippen LogP contribution is -2.36. The molecule has 0 atom stereocenters. The maximum absolute atomic E-state index is 11.1. The van der Waals surface area contributed by atoms with Crippen LogP contribution in [0.2, 0.25) is 5.02 Å². The van der Waals surface area contributed by atoms with E-state index in [4.69, 9.17) is 11.6 Å². The molecule has 1 aromatic carbocycles. The molecule has 0 spiro atoms. The van der Waals surface area contributed by atoms with Crippen molar-refractivity contribution < 1.29 is 5.11 Å². The predicted octanol–water partition coefficient (Wildman–Crippen LogP) is 1.12. The number of benzene rings is 1. The van der Waals surface area contributed by atoms with Gasteiger partial charge in [0.05, 0.1) is 6.02 Å². The van der Waals surface area contributed by atoms with Gasteiger partial charge in [-0.3, -0.25) is 4.99 Å². The van der Waals surface area contributed by atoms with Crippen LogP contribution in [0.15, 0.2) is 29.3 Å². The Balaban J connectivity index is 2.89. The number of rotatable bonds is 1. The molecule has 4 heteroatoms. The first-order chi connectivity index (χ1) is 6.15. The fourth-order valence-corrected chi connectivity index (χ4v) is 1.05. The van der Waals surface area contributed by atoms with Gasteiger partial charge < -0.3 is 10.0 Å². The zero-order valence-corrected chi connectivity index (χ0v) is 8.25. The van der Waals surface area contributed by atoms with Crippen LogP contribution in [0.5, 0.6) is 0 Å². The molecule has 0 radical (unpaired) electrons. The van der Waals surface area contributed by atoms with Crippen LogP contribution in [-0.4, -0.2) is 20.1 Å². The molecule has 0 N–H and O–H groups in total. The van der Waals surface area contributed by atoms with Crippen molar-refractivity contribution in [2.75, 3.05) is 19.0 Å². The standard InChI is InChI=1S/C9H11ClN2O/c1-11-9(13)12(2)8-5-3-7(10)4-6-8/h3-6H,1-2H3,(H,11,13)/p-1. The lowest BCUT2D eigenvalue weighted by atomic mass is 10.3. The van der Waals surface area contributed by atoms with Crippen LogP contribution in [0, 0.1) is 0 Å². The Morgan fingerprint density at radius 1 is 1.38 bits per heavy atom. The van der Waals surface area contributed by atoms with Crippen LogP contribution in [-0.2, 0) is 0 Å². The molecule has 13 heavy (non-hydrogen) atoms. The maximum Gasteiger partial charge on any atom is 0.0538 e. The predicted molar refractivity (Wildman–Crippen MR) is 53.2 cm³/mol. The number of nitrogens with zero attached hydrogens (tertiary/aromatic N) is 2. The number of amidine groups is 1. The zero-order valence-electron chi connectivity index (χ0n) is 7.49. The van der Waals surface area contributed by atoms with Crippen LogP contribution in [0.1, 0.15) is 0 Å². The van der Waals surface area contributed by atoms with Crippen molar-refractivity contribution in [2.45, 2.75) is 0 Å². The van der Waals surface area contributed by atoms with Gasteiger partial charge in [0.25, 0.3) is 0 Å². The summed E-state index contributed by atoms with van der Waals surface area (Å²) in [6.45, 7) is 0. The van der Waals surface area contributed by atoms with Gasteiger partial charge in [0.2, 0.25) is 0 Å². The van der Waals surface area contributed by atoms with Gasteiger partial charge in [0.1, 0.15) is 0 Å². The lowest BCUT2D eigenvalue weighted by molar-refractivity contribution is -0.217. The molecule has 0 unspecified atom stereocenters. The summed E-state index contributed by atoms with van der Waals surface area (Å²) in [6, 6.07) is 6.73. The van der Waals surface area contributed by atoms with Gasteiger partial charge in [0, 0.05) is 24.8 Å². The van der Waals surface area contributed by atoms with E-state index in [1.54, 1.807) is 31.3 Å². The minimum atomic E-state index is -0.276. The fraction of sp³-hybridized carbons (Fsp3) is 0.222. The Bertz CT molecular complexity index is 308. The van der Waals surface area contributed by atoms with E-state index >= 15 is 0 Å². The van der Waals surface area contributed by atoms with E-state index in [0.29, 0.717) is 5.02 Å². The molecular weight excluding hydrogens is 188 g/mol. The summed E-state index contributed by atoms with van der Waals surface area (Å²) in [5.74, 6) is 0. The fourth-order valence-electron chi connectivity index (χ4n) is 0.925. The first-order valence-corrected chi connectivity index (χ1v) is 4.16. The summed E-state index contributed by atoms with van der Waals surface area (Å²) >= 11 is 5.70. The minimum absolute atomic E-state index is 0.276. The van der Waals surface area contributed by atoms with E-state index in [2.05, 4.69) is 4.99 Å². The normalized spacial score (nSPS) is 11.5. The van der Waals surface area contributed by atoms with Gasteiger partial charge in [-0.05, 0) is 24.3 Å². The second-order valence-electron chi connectivity index (χ2n) is 2.54. The van der Waals surface area contributed by atoms with Crippen LogP contribution < -0.4 is 10.0 Å².